The normalized spacial score (nSPS) is 11.4. The van der Waals surface area contributed by atoms with Crippen molar-refractivity contribution >= 4 is 31.6 Å². The SMILES string of the molecule is Cc1ccc(F)c(NS(=O)(=O)c2cncc(Br)c2)c1F. The van der Waals surface area contributed by atoms with Gasteiger partial charge in [0.05, 0.1) is 0 Å². The summed E-state index contributed by atoms with van der Waals surface area (Å²) in [5.41, 5.74) is -0.568. The van der Waals surface area contributed by atoms with Crippen LogP contribution >= 0.6 is 15.9 Å². The number of nitrogens with zero attached hydrogens (tertiary/aromatic N) is 1. The van der Waals surface area contributed by atoms with E-state index in [1.165, 1.54) is 25.3 Å². The van der Waals surface area contributed by atoms with E-state index in [1.54, 1.807) is 0 Å². The number of pyridine rings is 1. The lowest BCUT2D eigenvalue weighted by Gasteiger charge is -2.11. The molecule has 8 heteroatoms. The second kappa shape index (κ2) is 5.45. The van der Waals surface area contributed by atoms with Crippen LogP contribution in [-0.2, 0) is 10.0 Å². The molecule has 0 aliphatic rings. The Morgan fingerprint density at radius 2 is 1.95 bits per heavy atom. The number of hydrogen-bond acceptors (Lipinski definition) is 3. The predicted octanol–water partition coefficient (Wildman–Crippen LogP) is 3.23. The first-order valence-electron chi connectivity index (χ1n) is 5.39. The molecule has 2 rings (SSSR count). The number of aromatic nitrogens is 1. The van der Waals surface area contributed by atoms with Gasteiger partial charge in [0.2, 0.25) is 0 Å². The molecule has 0 spiro atoms. The van der Waals surface area contributed by atoms with Crippen LogP contribution in [0.2, 0.25) is 0 Å². The van der Waals surface area contributed by atoms with Crippen LogP contribution in [0.1, 0.15) is 5.56 Å². The average molecular weight is 363 g/mol. The molecule has 0 amide bonds. The summed E-state index contributed by atoms with van der Waals surface area (Å²) in [7, 11) is -4.12. The largest absolute Gasteiger partial charge is 0.274 e. The highest BCUT2D eigenvalue weighted by atomic mass is 79.9. The van der Waals surface area contributed by atoms with Crippen LogP contribution in [-0.4, -0.2) is 13.4 Å². The Kier molecular flexibility index (Phi) is 4.05. The minimum Gasteiger partial charge on any atom is -0.274 e. The first-order valence-corrected chi connectivity index (χ1v) is 7.67. The van der Waals surface area contributed by atoms with Gasteiger partial charge in [-0.25, -0.2) is 17.2 Å². The summed E-state index contributed by atoms with van der Waals surface area (Å²) in [5, 5.41) is 0. The minimum absolute atomic E-state index is 0.136. The average Bonchev–Trinajstić information content (AvgIpc) is 2.39. The molecule has 0 unspecified atom stereocenters. The van der Waals surface area contributed by atoms with E-state index in [4.69, 9.17) is 0 Å². The zero-order valence-electron chi connectivity index (χ0n) is 10.2. The van der Waals surface area contributed by atoms with Crippen LogP contribution in [0.15, 0.2) is 40.0 Å². The van der Waals surface area contributed by atoms with Gasteiger partial charge in [0.15, 0.2) is 5.82 Å². The fraction of sp³-hybridized carbons (Fsp3) is 0.0833. The van der Waals surface area contributed by atoms with E-state index >= 15 is 0 Å². The van der Waals surface area contributed by atoms with Gasteiger partial charge in [-0.2, -0.15) is 0 Å². The smallest absolute Gasteiger partial charge is 0.263 e. The van der Waals surface area contributed by atoms with Crippen molar-refractivity contribution in [1.82, 2.24) is 4.98 Å². The number of rotatable bonds is 3. The summed E-state index contributed by atoms with van der Waals surface area (Å²) in [6.45, 7) is 1.41. The Labute approximate surface area is 123 Å². The summed E-state index contributed by atoms with van der Waals surface area (Å²) in [6.07, 6.45) is 2.48. The van der Waals surface area contributed by atoms with E-state index in [9.17, 15) is 17.2 Å². The van der Waals surface area contributed by atoms with Crippen LogP contribution in [0.4, 0.5) is 14.5 Å². The lowest BCUT2D eigenvalue weighted by molar-refractivity contribution is 0.578. The Morgan fingerprint density at radius 3 is 2.60 bits per heavy atom. The molecule has 1 heterocycles. The third kappa shape index (κ3) is 2.96. The predicted molar refractivity (Wildman–Crippen MR) is 73.8 cm³/mol. The molecule has 0 atom stereocenters. The first-order chi connectivity index (χ1) is 9.31. The number of anilines is 1. The van der Waals surface area contributed by atoms with Crippen molar-refractivity contribution in [2.45, 2.75) is 11.8 Å². The number of sulfonamides is 1. The molecule has 20 heavy (non-hydrogen) atoms. The van der Waals surface area contributed by atoms with Crippen molar-refractivity contribution in [3.05, 3.63) is 52.3 Å². The summed E-state index contributed by atoms with van der Waals surface area (Å²) in [4.78, 5) is 3.50. The Hall–Kier alpha value is -1.54. The van der Waals surface area contributed by atoms with Gasteiger partial charge in [0.25, 0.3) is 10.0 Å². The highest BCUT2D eigenvalue weighted by molar-refractivity contribution is 9.10. The number of aryl methyl sites for hydroxylation is 1. The van der Waals surface area contributed by atoms with Gasteiger partial charge >= 0.3 is 0 Å². The van der Waals surface area contributed by atoms with Crippen LogP contribution in [0.25, 0.3) is 0 Å². The molecule has 0 saturated heterocycles. The van der Waals surface area contributed by atoms with E-state index in [0.29, 0.717) is 4.47 Å². The standard InChI is InChI=1S/C12H9BrF2N2O2S/c1-7-2-3-10(14)12(11(7)15)17-20(18,19)9-4-8(13)5-16-6-9/h2-6,17H,1H3. The van der Waals surface area contributed by atoms with Crippen molar-refractivity contribution in [2.75, 3.05) is 4.72 Å². The molecule has 1 N–H and O–H groups in total. The Bertz CT molecular complexity index is 766. The molecule has 2 aromatic rings. The summed E-state index contributed by atoms with van der Waals surface area (Å²) < 4.78 is 53.8. The highest BCUT2D eigenvalue weighted by Gasteiger charge is 2.20. The second-order valence-electron chi connectivity index (χ2n) is 4.00. The fourth-order valence-electron chi connectivity index (χ4n) is 1.48. The van der Waals surface area contributed by atoms with Gasteiger partial charge in [-0.3, -0.25) is 9.71 Å². The van der Waals surface area contributed by atoms with Crippen LogP contribution in [0.5, 0.6) is 0 Å². The van der Waals surface area contributed by atoms with Gasteiger partial charge in [-0.1, -0.05) is 6.07 Å². The van der Waals surface area contributed by atoms with E-state index in [1.807, 2.05) is 4.72 Å². The maximum atomic E-state index is 13.8. The van der Waals surface area contributed by atoms with E-state index in [-0.39, 0.29) is 10.5 Å². The summed E-state index contributed by atoms with van der Waals surface area (Å²) in [6, 6.07) is 3.50. The molecule has 1 aromatic heterocycles. The van der Waals surface area contributed by atoms with Crippen molar-refractivity contribution in [2.24, 2.45) is 0 Å². The first kappa shape index (κ1) is 14.9. The zero-order chi connectivity index (χ0) is 14.9. The van der Waals surface area contributed by atoms with Crippen molar-refractivity contribution < 1.29 is 17.2 Å². The third-order valence-electron chi connectivity index (χ3n) is 2.51. The Balaban J connectivity index is 2.47. The van der Waals surface area contributed by atoms with Gasteiger partial charge in [0.1, 0.15) is 16.4 Å². The van der Waals surface area contributed by atoms with Gasteiger partial charge in [-0.15, -0.1) is 0 Å². The molecular weight excluding hydrogens is 354 g/mol. The van der Waals surface area contributed by atoms with Gasteiger partial charge in [-0.05, 0) is 40.5 Å². The molecular formula is C12H9BrF2N2O2S. The lowest BCUT2D eigenvalue weighted by Crippen LogP contribution is -2.16. The van der Waals surface area contributed by atoms with E-state index < -0.39 is 27.3 Å². The molecule has 0 saturated carbocycles. The molecule has 0 fully saturated rings. The summed E-state index contributed by atoms with van der Waals surface area (Å²) >= 11 is 3.08. The van der Waals surface area contributed by atoms with E-state index in [0.717, 1.165) is 12.3 Å². The molecule has 0 radical (unpaired) electrons. The topological polar surface area (TPSA) is 59.1 Å². The third-order valence-corrected chi connectivity index (χ3v) is 4.26. The number of halogens is 3. The molecule has 106 valence electrons. The maximum absolute atomic E-state index is 13.8. The van der Waals surface area contributed by atoms with Crippen LogP contribution < -0.4 is 4.72 Å². The zero-order valence-corrected chi connectivity index (χ0v) is 12.6. The lowest BCUT2D eigenvalue weighted by atomic mass is 10.2. The molecule has 0 aliphatic carbocycles. The van der Waals surface area contributed by atoms with Crippen molar-refractivity contribution in [3.8, 4) is 0 Å². The quantitative estimate of drug-likeness (QED) is 0.911. The monoisotopic (exact) mass is 362 g/mol. The number of hydrogen-bond donors (Lipinski definition) is 1. The summed E-state index contributed by atoms with van der Waals surface area (Å²) in [5.74, 6) is -1.93. The molecule has 0 bridgehead atoms. The van der Waals surface area contributed by atoms with Crippen molar-refractivity contribution in [1.29, 1.82) is 0 Å². The van der Waals surface area contributed by atoms with Crippen LogP contribution in [0.3, 0.4) is 0 Å². The number of benzene rings is 1. The van der Waals surface area contributed by atoms with Crippen molar-refractivity contribution in [3.63, 3.8) is 0 Å². The molecule has 1 aromatic carbocycles. The molecule has 4 nitrogen and oxygen atoms in total. The maximum Gasteiger partial charge on any atom is 0.263 e. The highest BCUT2D eigenvalue weighted by Crippen LogP contribution is 2.25. The van der Waals surface area contributed by atoms with E-state index in [2.05, 4.69) is 20.9 Å². The molecule has 0 aliphatic heterocycles. The Morgan fingerprint density at radius 1 is 1.25 bits per heavy atom. The fourth-order valence-corrected chi connectivity index (χ4v) is 3.05. The van der Waals surface area contributed by atoms with Crippen LogP contribution in [0, 0.1) is 18.6 Å². The number of nitrogens with one attached hydrogen (secondary N) is 1. The second-order valence-corrected chi connectivity index (χ2v) is 6.60. The minimum atomic E-state index is -4.12. The van der Waals surface area contributed by atoms with Gasteiger partial charge in [0, 0.05) is 16.9 Å². The van der Waals surface area contributed by atoms with Gasteiger partial charge < -0.3 is 0 Å².